The van der Waals surface area contributed by atoms with Crippen LogP contribution in [0.4, 0.5) is 5.95 Å². The minimum atomic E-state index is -0.0247. The Hall–Kier alpha value is -3.36. The molecule has 0 saturated carbocycles. The van der Waals surface area contributed by atoms with Crippen LogP contribution < -0.4 is 4.90 Å². The number of hydrogen-bond donors (Lipinski definition) is 0. The molecule has 5 rings (SSSR count). The largest absolute Gasteiger partial charge is 0.336 e. The summed E-state index contributed by atoms with van der Waals surface area (Å²) < 4.78 is 1.54. The molecule has 2 unspecified atom stereocenters. The highest BCUT2D eigenvalue weighted by atomic mass is 16.2. The number of pyridine rings is 1. The molecule has 3 aromatic heterocycles. The van der Waals surface area contributed by atoms with Crippen molar-refractivity contribution in [3.8, 4) is 5.82 Å². The average Bonchev–Trinajstić information content (AvgIpc) is 3.29. The highest BCUT2D eigenvalue weighted by molar-refractivity contribution is 5.97. The number of piperidine rings is 1. The molecule has 32 heavy (non-hydrogen) atoms. The molecule has 1 amide bonds. The molecule has 5 heterocycles. The van der Waals surface area contributed by atoms with Gasteiger partial charge in [-0.15, -0.1) is 5.10 Å². The van der Waals surface area contributed by atoms with Gasteiger partial charge in [-0.25, -0.2) is 19.6 Å². The summed E-state index contributed by atoms with van der Waals surface area (Å²) >= 11 is 0. The van der Waals surface area contributed by atoms with Crippen molar-refractivity contribution in [1.29, 1.82) is 0 Å². The van der Waals surface area contributed by atoms with Crippen molar-refractivity contribution in [3.05, 3.63) is 53.2 Å². The van der Waals surface area contributed by atoms with E-state index in [0.29, 0.717) is 23.8 Å². The molecule has 0 aliphatic carbocycles. The second kappa shape index (κ2) is 9.02. The van der Waals surface area contributed by atoms with E-state index in [1.807, 2.05) is 51.7 Å². The zero-order valence-electron chi connectivity index (χ0n) is 19.4. The summed E-state index contributed by atoms with van der Waals surface area (Å²) in [5.74, 6) is 1.82. The summed E-state index contributed by atoms with van der Waals surface area (Å²) in [6.07, 6.45) is 6.00. The van der Waals surface area contributed by atoms with Crippen LogP contribution in [-0.4, -0.2) is 66.4 Å². The minimum absolute atomic E-state index is 0. The molecule has 2 aliphatic heterocycles. The summed E-state index contributed by atoms with van der Waals surface area (Å²) in [6, 6.07) is 4.11. The molecule has 0 spiro atoms. The average molecular weight is 439 g/mol. The second-order valence-electron chi connectivity index (χ2n) is 8.20. The molecule has 2 atom stereocenters. The number of likely N-dealkylation sites (tertiary alicyclic amines) is 1. The van der Waals surface area contributed by atoms with E-state index in [1.54, 1.807) is 23.3 Å². The molecular weight excluding hydrogens is 404 g/mol. The monoisotopic (exact) mass is 438 g/mol. The van der Waals surface area contributed by atoms with Crippen LogP contribution in [-0.2, 0) is 0 Å². The summed E-state index contributed by atoms with van der Waals surface area (Å²) in [5.41, 5.74) is 3.42. The molecule has 0 N–H and O–H groups in total. The summed E-state index contributed by atoms with van der Waals surface area (Å²) in [4.78, 5) is 31.3. The first-order chi connectivity index (χ1) is 15.5. The number of carbonyl (C=O) groups is 1. The fraction of sp³-hybridized carbons (Fsp3) is 0.478. The Balaban J connectivity index is 0.000000995. The summed E-state index contributed by atoms with van der Waals surface area (Å²) in [6.45, 7) is 12.3. The first-order valence-corrected chi connectivity index (χ1v) is 11.2. The third-order valence-electron chi connectivity index (χ3n) is 5.94. The molecule has 9 heteroatoms. The van der Waals surface area contributed by atoms with Gasteiger partial charge in [0.1, 0.15) is 0 Å². The SMILES string of the molecule is CC.Cc1cnc(-n2ccnn2)c(C(=O)N2CCC3CN(c4nc(C)cc(C)n4)C3C2)c1.[HH].[HH]. The number of rotatable bonds is 3. The third kappa shape index (κ3) is 4.06. The number of carbonyl (C=O) groups excluding carboxylic acids is 1. The Kier molecular flexibility index (Phi) is 6.16. The van der Waals surface area contributed by atoms with Crippen LogP contribution >= 0.6 is 0 Å². The van der Waals surface area contributed by atoms with Crippen LogP contribution in [0.15, 0.2) is 30.7 Å². The third-order valence-corrected chi connectivity index (χ3v) is 5.94. The summed E-state index contributed by atoms with van der Waals surface area (Å²) in [7, 11) is 0. The molecule has 9 nitrogen and oxygen atoms in total. The lowest BCUT2D eigenvalue weighted by atomic mass is 9.82. The van der Waals surface area contributed by atoms with E-state index < -0.39 is 0 Å². The fourth-order valence-corrected chi connectivity index (χ4v) is 4.44. The highest BCUT2D eigenvalue weighted by Crippen LogP contribution is 2.35. The predicted octanol–water partition coefficient (Wildman–Crippen LogP) is 3.25. The van der Waals surface area contributed by atoms with Crippen LogP contribution in [0.25, 0.3) is 5.82 Å². The van der Waals surface area contributed by atoms with Gasteiger partial charge in [0.15, 0.2) is 5.82 Å². The van der Waals surface area contributed by atoms with Gasteiger partial charge < -0.3 is 9.80 Å². The fourth-order valence-electron chi connectivity index (χ4n) is 4.44. The van der Waals surface area contributed by atoms with Gasteiger partial charge in [-0.1, -0.05) is 19.1 Å². The lowest BCUT2D eigenvalue weighted by Gasteiger charge is -2.53. The van der Waals surface area contributed by atoms with Crippen LogP contribution in [0.5, 0.6) is 0 Å². The predicted molar refractivity (Wildman–Crippen MR) is 126 cm³/mol. The lowest BCUT2D eigenvalue weighted by molar-refractivity contribution is 0.0588. The zero-order valence-corrected chi connectivity index (χ0v) is 19.4. The number of anilines is 1. The second-order valence-corrected chi connectivity index (χ2v) is 8.20. The highest BCUT2D eigenvalue weighted by Gasteiger charge is 2.45. The molecular formula is C23H34N8O. The van der Waals surface area contributed by atoms with E-state index >= 15 is 0 Å². The first kappa shape index (κ1) is 21.9. The topological polar surface area (TPSA) is 92.9 Å². The summed E-state index contributed by atoms with van der Waals surface area (Å²) in [5, 5.41) is 7.87. The van der Waals surface area contributed by atoms with Gasteiger partial charge in [0, 0.05) is 46.0 Å². The molecule has 172 valence electrons. The van der Waals surface area contributed by atoms with Crippen LogP contribution in [0.1, 0.15) is 50.4 Å². The van der Waals surface area contributed by atoms with Gasteiger partial charge in [-0.05, 0) is 44.9 Å². The first-order valence-electron chi connectivity index (χ1n) is 11.2. The zero-order chi connectivity index (χ0) is 22.8. The number of aromatic nitrogens is 6. The molecule has 2 fully saturated rings. The van der Waals surface area contributed by atoms with E-state index in [0.717, 1.165) is 42.4 Å². The number of aryl methyl sites for hydroxylation is 3. The smallest absolute Gasteiger partial charge is 0.257 e. The molecule has 2 aliphatic rings. The molecule has 2 saturated heterocycles. The molecule has 0 radical (unpaired) electrons. The van der Waals surface area contributed by atoms with Crippen LogP contribution in [0, 0.1) is 26.7 Å². The molecule has 3 aromatic rings. The van der Waals surface area contributed by atoms with E-state index in [4.69, 9.17) is 0 Å². The number of amides is 1. The molecule has 0 aromatic carbocycles. The Bertz CT molecular complexity index is 1090. The van der Waals surface area contributed by atoms with Crippen molar-refractivity contribution in [1.82, 2.24) is 34.8 Å². The number of hydrogen-bond acceptors (Lipinski definition) is 7. The lowest BCUT2D eigenvalue weighted by Crippen LogP contribution is -2.65. The van der Waals surface area contributed by atoms with E-state index in [-0.39, 0.29) is 14.8 Å². The van der Waals surface area contributed by atoms with Gasteiger partial charge in [0.25, 0.3) is 5.91 Å². The maximum Gasteiger partial charge on any atom is 0.257 e. The van der Waals surface area contributed by atoms with Crippen LogP contribution in [0.2, 0.25) is 0 Å². The van der Waals surface area contributed by atoms with Crippen LogP contribution in [0.3, 0.4) is 0 Å². The number of fused-ring (bicyclic) bond motifs is 1. The van der Waals surface area contributed by atoms with Crippen molar-refractivity contribution in [3.63, 3.8) is 0 Å². The normalized spacial score (nSPS) is 19.5. The maximum absolute atomic E-state index is 13.5. The minimum Gasteiger partial charge on any atom is -0.336 e. The van der Waals surface area contributed by atoms with E-state index in [2.05, 4.69) is 30.2 Å². The van der Waals surface area contributed by atoms with Crippen molar-refractivity contribution in [2.24, 2.45) is 5.92 Å². The quantitative estimate of drug-likeness (QED) is 0.620. The Morgan fingerprint density at radius 2 is 1.84 bits per heavy atom. The van der Waals surface area contributed by atoms with Gasteiger partial charge >= 0.3 is 0 Å². The van der Waals surface area contributed by atoms with Crippen molar-refractivity contribution in [2.45, 2.75) is 47.1 Å². The Morgan fingerprint density at radius 1 is 1.09 bits per heavy atom. The van der Waals surface area contributed by atoms with Gasteiger partial charge in [-0.3, -0.25) is 4.79 Å². The van der Waals surface area contributed by atoms with E-state index in [9.17, 15) is 4.79 Å². The Labute approximate surface area is 191 Å². The van der Waals surface area contributed by atoms with Crippen molar-refractivity contribution >= 4 is 11.9 Å². The van der Waals surface area contributed by atoms with Crippen molar-refractivity contribution < 1.29 is 7.65 Å². The van der Waals surface area contributed by atoms with Gasteiger partial charge in [-0.2, -0.15) is 0 Å². The van der Waals surface area contributed by atoms with Gasteiger partial charge in [0.05, 0.1) is 24.0 Å². The van der Waals surface area contributed by atoms with Gasteiger partial charge in [0.2, 0.25) is 5.95 Å². The number of nitrogens with zero attached hydrogens (tertiary/aromatic N) is 8. The van der Waals surface area contributed by atoms with E-state index in [1.165, 1.54) is 0 Å². The standard InChI is InChI=1S/C21H24N8O.C2H6.2H2/c1-13-8-17(19(22-10-13)29-7-5-23-26-29)20(30)27-6-4-16-11-28(18(16)12-27)21-24-14(2)9-15(3)25-21;1-2;;/h5,7-10,16,18H,4,6,11-12H2,1-3H3;1-2H3;2*1H. The van der Waals surface area contributed by atoms with Crippen molar-refractivity contribution in [2.75, 3.05) is 24.5 Å². The Morgan fingerprint density at radius 3 is 2.53 bits per heavy atom. The maximum atomic E-state index is 13.5. The molecule has 0 bridgehead atoms.